The minimum atomic E-state index is -2.51. The van der Waals surface area contributed by atoms with Crippen LogP contribution in [0.5, 0.6) is 0 Å². The number of aliphatic hydroxyl groups excluding tert-OH is 1. The molecule has 0 saturated carbocycles. The number of hydrogen-bond acceptors (Lipinski definition) is 6. The summed E-state index contributed by atoms with van der Waals surface area (Å²) in [6, 6.07) is 0. The van der Waals surface area contributed by atoms with Crippen molar-refractivity contribution in [1.29, 1.82) is 0 Å². The highest BCUT2D eigenvalue weighted by Gasteiger charge is 2.51. The van der Waals surface area contributed by atoms with Crippen molar-refractivity contribution in [2.45, 2.75) is 19.0 Å². The van der Waals surface area contributed by atoms with Gasteiger partial charge in [0, 0.05) is 0 Å². The summed E-state index contributed by atoms with van der Waals surface area (Å²) in [4.78, 5) is 20.7. The molecular formula is C5H6O6. The Balaban J connectivity index is 2.79. The standard InChI is InChI=1S/C5H6O6/c1-2(6)5(9)10-3(7)4(8)11-5/h2,6,9H,1H3. The van der Waals surface area contributed by atoms with Crippen molar-refractivity contribution in [2.24, 2.45) is 0 Å². The number of cyclic esters (lactones) is 2. The summed E-state index contributed by atoms with van der Waals surface area (Å²) in [5.74, 6) is -5.13. The molecule has 1 fully saturated rings. The van der Waals surface area contributed by atoms with Crippen LogP contribution >= 0.6 is 0 Å². The van der Waals surface area contributed by atoms with Gasteiger partial charge in [-0.15, -0.1) is 0 Å². The van der Waals surface area contributed by atoms with Crippen molar-refractivity contribution in [2.75, 3.05) is 0 Å². The van der Waals surface area contributed by atoms with E-state index in [1.54, 1.807) is 0 Å². The SMILES string of the molecule is CC(O)C1(O)OC(=O)C(=O)O1. The fourth-order valence-corrected chi connectivity index (χ4v) is 0.540. The third-order valence-corrected chi connectivity index (χ3v) is 1.17. The zero-order chi connectivity index (χ0) is 8.65. The van der Waals surface area contributed by atoms with Gasteiger partial charge in [-0.1, -0.05) is 0 Å². The van der Waals surface area contributed by atoms with Gasteiger partial charge in [-0.2, -0.15) is 0 Å². The highest BCUT2D eigenvalue weighted by atomic mass is 16.9. The van der Waals surface area contributed by atoms with E-state index in [4.69, 9.17) is 10.2 Å². The second-order valence-electron chi connectivity index (χ2n) is 2.09. The second kappa shape index (κ2) is 2.18. The van der Waals surface area contributed by atoms with E-state index >= 15 is 0 Å². The van der Waals surface area contributed by atoms with E-state index in [0.717, 1.165) is 6.92 Å². The van der Waals surface area contributed by atoms with E-state index in [1.165, 1.54) is 0 Å². The number of carbonyl (C=O) groups excluding carboxylic acids is 2. The molecule has 1 atom stereocenters. The Bertz CT molecular complexity index is 191. The molecule has 62 valence electrons. The third kappa shape index (κ3) is 1.17. The summed E-state index contributed by atoms with van der Waals surface area (Å²) < 4.78 is 8.03. The Hall–Kier alpha value is -1.14. The molecule has 0 bridgehead atoms. The average molecular weight is 162 g/mol. The Morgan fingerprint density at radius 1 is 1.36 bits per heavy atom. The molecule has 1 heterocycles. The van der Waals surface area contributed by atoms with Gasteiger partial charge in [0.05, 0.1) is 0 Å². The largest absolute Gasteiger partial charge is 0.422 e. The first-order valence-corrected chi connectivity index (χ1v) is 2.82. The van der Waals surface area contributed by atoms with E-state index in [0.29, 0.717) is 0 Å². The second-order valence-corrected chi connectivity index (χ2v) is 2.09. The Kier molecular flexibility index (Phi) is 1.57. The molecule has 1 aliphatic heterocycles. The fraction of sp³-hybridized carbons (Fsp3) is 0.600. The lowest BCUT2D eigenvalue weighted by Gasteiger charge is -2.20. The van der Waals surface area contributed by atoms with Crippen LogP contribution in [-0.2, 0) is 19.1 Å². The molecule has 6 heteroatoms. The van der Waals surface area contributed by atoms with Gasteiger partial charge in [-0.05, 0) is 6.92 Å². The van der Waals surface area contributed by atoms with E-state index in [2.05, 4.69) is 9.47 Å². The molecule has 0 radical (unpaired) electrons. The summed E-state index contributed by atoms with van der Waals surface area (Å²) in [5, 5.41) is 17.7. The van der Waals surface area contributed by atoms with Crippen molar-refractivity contribution in [3.05, 3.63) is 0 Å². The van der Waals surface area contributed by atoms with Crippen molar-refractivity contribution in [3.63, 3.8) is 0 Å². The number of carbonyl (C=O) groups is 2. The molecule has 0 aromatic heterocycles. The Labute approximate surface area is 61.3 Å². The third-order valence-electron chi connectivity index (χ3n) is 1.17. The van der Waals surface area contributed by atoms with Gasteiger partial charge in [-0.25, -0.2) is 9.59 Å². The van der Waals surface area contributed by atoms with Crippen LogP contribution in [0, 0.1) is 0 Å². The molecule has 1 aliphatic rings. The lowest BCUT2D eigenvalue weighted by molar-refractivity contribution is -0.330. The number of esters is 2. The topological polar surface area (TPSA) is 93.1 Å². The van der Waals surface area contributed by atoms with Gasteiger partial charge >= 0.3 is 17.9 Å². The van der Waals surface area contributed by atoms with E-state index in [9.17, 15) is 9.59 Å². The quantitative estimate of drug-likeness (QED) is 0.346. The van der Waals surface area contributed by atoms with E-state index < -0.39 is 24.0 Å². The molecule has 6 nitrogen and oxygen atoms in total. The number of rotatable bonds is 1. The predicted octanol–water partition coefficient (Wildman–Crippen LogP) is -1.89. The molecule has 1 rings (SSSR count). The molecule has 0 amide bonds. The molecule has 0 spiro atoms. The van der Waals surface area contributed by atoms with Crippen LogP contribution in [-0.4, -0.2) is 34.2 Å². The summed E-state index contributed by atoms with van der Waals surface area (Å²) >= 11 is 0. The summed E-state index contributed by atoms with van der Waals surface area (Å²) in [6.45, 7) is 1.12. The smallest absolute Gasteiger partial charge is 0.387 e. The predicted molar refractivity (Wildman–Crippen MR) is 28.8 cm³/mol. The number of ether oxygens (including phenoxy) is 2. The van der Waals surface area contributed by atoms with Crippen molar-refractivity contribution in [3.8, 4) is 0 Å². The van der Waals surface area contributed by atoms with Crippen LogP contribution in [0.15, 0.2) is 0 Å². The monoisotopic (exact) mass is 162 g/mol. The van der Waals surface area contributed by atoms with Gasteiger partial charge < -0.3 is 19.7 Å². The molecule has 0 aromatic rings. The Morgan fingerprint density at radius 2 is 1.73 bits per heavy atom. The molecule has 0 aliphatic carbocycles. The van der Waals surface area contributed by atoms with Crippen LogP contribution in [0.1, 0.15) is 6.92 Å². The molecule has 1 unspecified atom stereocenters. The lowest BCUT2D eigenvalue weighted by Crippen LogP contribution is -2.41. The van der Waals surface area contributed by atoms with Crippen LogP contribution in [0.2, 0.25) is 0 Å². The maximum atomic E-state index is 10.3. The van der Waals surface area contributed by atoms with Crippen LogP contribution in [0.3, 0.4) is 0 Å². The summed E-state index contributed by atoms with van der Waals surface area (Å²) in [6.07, 6.45) is -1.47. The normalized spacial score (nSPS) is 24.3. The Morgan fingerprint density at radius 3 is 1.91 bits per heavy atom. The summed E-state index contributed by atoms with van der Waals surface area (Å²) in [5.41, 5.74) is 0. The number of hydrogen-bond donors (Lipinski definition) is 2. The van der Waals surface area contributed by atoms with E-state index in [1.807, 2.05) is 0 Å². The van der Waals surface area contributed by atoms with Crippen LogP contribution in [0.4, 0.5) is 0 Å². The first kappa shape index (κ1) is 7.96. The molecular weight excluding hydrogens is 156 g/mol. The highest BCUT2D eigenvalue weighted by molar-refractivity contribution is 6.31. The van der Waals surface area contributed by atoms with Gasteiger partial charge in [0.15, 0.2) is 6.10 Å². The van der Waals surface area contributed by atoms with Gasteiger partial charge in [0.2, 0.25) is 0 Å². The minimum absolute atomic E-state index is 1.12. The molecule has 0 aromatic carbocycles. The van der Waals surface area contributed by atoms with E-state index in [-0.39, 0.29) is 0 Å². The summed E-state index contributed by atoms with van der Waals surface area (Å²) in [7, 11) is 0. The lowest BCUT2D eigenvalue weighted by atomic mass is 10.3. The molecule has 11 heavy (non-hydrogen) atoms. The van der Waals surface area contributed by atoms with Crippen molar-refractivity contribution < 1.29 is 29.3 Å². The maximum absolute atomic E-state index is 10.3. The molecule has 2 N–H and O–H groups in total. The average Bonchev–Trinajstić information content (AvgIpc) is 2.09. The fourth-order valence-electron chi connectivity index (χ4n) is 0.540. The van der Waals surface area contributed by atoms with Crippen molar-refractivity contribution in [1.82, 2.24) is 0 Å². The van der Waals surface area contributed by atoms with Crippen molar-refractivity contribution >= 4 is 11.9 Å². The highest BCUT2D eigenvalue weighted by Crippen LogP contribution is 2.21. The van der Waals surface area contributed by atoms with Gasteiger partial charge in [-0.3, -0.25) is 0 Å². The first-order chi connectivity index (χ1) is 4.96. The number of aliphatic hydroxyl groups is 2. The zero-order valence-corrected chi connectivity index (χ0v) is 5.60. The van der Waals surface area contributed by atoms with Crippen LogP contribution < -0.4 is 0 Å². The minimum Gasteiger partial charge on any atom is -0.387 e. The first-order valence-electron chi connectivity index (χ1n) is 2.82. The van der Waals surface area contributed by atoms with Gasteiger partial charge in [0.25, 0.3) is 0 Å². The maximum Gasteiger partial charge on any atom is 0.422 e. The molecule has 1 saturated heterocycles. The van der Waals surface area contributed by atoms with Crippen LogP contribution in [0.25, 0.3) is 0 Å². The zero-order valence-electron chi connectivity index (χ0n) is 5.60. The van der Waals surface area contributed by atoms with Gasteiger partial charge in [0.1, 0.15) is 0 Å².